The molecule has 2 aliphatic heterocycles. The minimum Gasteiger partial charge on any atom is -0.456 e. The molecule has 0 bridgehead atoms. The van der Waals surface area contributed by atoms with Crippen LogP contribution in [0.5, 0.6) is 0 Å². The molecule has 2 fully saturated rings. The van der Waals surface area contributed by atoms with Crippen LogP contribution in [0.3, 0.4) is 0 Å². The van der Waals surface area contributed by atoms with E-state index >= 15 is 0 Å². The lowest BCUT2D eigenvalue weighted by Crippen LogP contribution is -2.67. The first kappa shape index (κ1) is 26.0. The molecule has 0 amide bonds. The largest absolute Gasteiger partial charge is 0.456 e. The first-order chi connectivity index (χ1) is 14.0. The molecule has 0 aromatic rings. The van der Waals surface area contributed by atoms with Crippen molar-refractivity contribution in [1.29, 1.82) is 0 Å². The summed E-state index contributed by atoms with van der Waals surface area (Å²) in [4.78, 5) is 40.6. The van der Waals surface area contributed by atoms with E-state index in [4.69, 9.17) is 14.2 Å². The lowest BCUT2D eigenvalue weighted by atomic mass is 9.91. The zero-order valence-electron chi connectivity index (χ0n) is 20.4. The van der Waals surface area contributed by atoms with E-state index in [2.05, 4.69) is 4.90 Å². The molecule has 0 N–H and O–H groups in total. The zero-order chi connectivity index (χ0) is 23.8. The minimum absolute atomic E-state index is 0.104. The molecular weight excluding hydrogens is 418 g/mol. The second-order valence-electron chi connectivity index (χ2n) is 11.6. The SMILES string of the molecule is CC(C)(C)C(=O)O[C@@H]1[C@H](OC(=O)C(C)(C)C)[C@@H](OC(=O)C(C)(C)C)CN2CCSC[C@@H]12. The third-order valence-electron chi connectivity index (χ3n) is 5.35. The molecule has 0 unspecified atom stereocenters. The van der Waals surface area contributed by atoms with Crippen LogP contribution in [0.1, 0.15) is 62.3 Å². The third-order valence-corrected chi connectivity index (χ3v) is 6.39. The Bertz CT molecular complexity index is 688. The molecule has 0 aliphatic carbocycles. The van der Waals surface area contributed by atoms with Gasteiger partial charge in [-0.2, -0.15) is 11.8 Å². The summed E-state index contributed by atoms with van der Waals surface area (Å²) in [5.41, 5.74) is -2.15. The summed E-state index contributed by atoms with van der Waals surface area (Å²) in [5.74, 6) is 0.546. The molecule has 0 saturated carbocycles. The first-order valence-electron chi connectivity index (χ1n) is 11.0. The molecule has 0 radical (unpaired) electrons. The van der Waals surface area contributed by atoms with Crippen molar-refractivity contribution in [1.82, 2.24) is 4.90 Å². The molecule has 2 heterocycles. The molecule has 2 rings (SSSR count). The van der Waals surface area contributed by atoms with E-state index in [1.165, 1.54) is 0 Å². The summed E-state index contributed by atoms with van der Waals surface area (Å²) in [5, 5.41) is 0. The van der Waals surface area contributed by atoms with Crippen molar-refractivity contribution in [2.45, 2.75) is 86.7 Å². The van der Waals surface area contributed by atoms with Crippen molar-refractivity contribution in [2.24, 2.45) is 16.2 Å². The number of rotatable bonds is 3. The molecule has 2 aliphatic rings. The van der Waals surface area contributed by atoms with E-state index in [1.807, 2.05) is 0 Å². The van der Waals surface area contributed by atoms with Gasteiger partial charge in [0.2, 0.25) is 0 Å². The summed E-state index contributed by atoms with van der Waals surface area (Å²) in [7, 11) is 0. The van der Waals surface area contributed by atoms with Crippen molar-refractivity contribution >= 4 is 29.7 Å². The van der Waals surface area contributed by atoms with Crippen LogP contribution in [-0.2, 0) is 28.6 Å². The summed E-state index contributed by atoms with van der Waals surface area (Å²) in [6.07, 6.45) is -2.28. The van der Waals surface area contributed by atoms with Crippen LogP contribution < -0.4 is 0 Å². The molecule has 7 nitrogen and oxygen atoms in total. The maximum Gasteiger partial charge on any atom is 0.311 e. The fraction of sp³-hybridized carbons (Fsp3) is 0.870. The summed E-state index contributed by atoms with van der Waals surface area (Å²) < 4.78 is 17.8. The number of nitrogens with zero attached hydrogens (tertiary/aromatic N) is 1. The van der Waals surface area contributed by atoms with Gasteiger partial charge in [-0.05, 0) is 62.3 Å². The van der Waals surface area contributed by atoms with E-state index in [-0.39, 0.29) is 18.0 Å². The van der Waals surface area contributed by atoms with E-state index < -0.39 is 40.5 Å². The van der Waals surface area contributed by atoms with Gasteiger partial charge in [-0.1, -0.05) is 0 Å². The Morgan fingerprint density at radius 1 is 0.742 bits per heavy atom. The number of hydrogen-bond donors (Lipinski definition) is 0. The quantitative estimate of drug-likeness (QED) is 0.472. The van der Waals surface area contributed by atoms with E-state index in [0.29, 0.717) is 6.54 Å². The smallest absolute Gasteiger partial charge is 0.311 e. The van der Waals surface area contributed by atoms with Crippen LogP contribution in [0, 0.1) is 16.2 Å². The maximum atomic E-state index is 12.8. The molecule has 0 spiro atoms. The van der Waals surface area contributed by atoms with E-state index in [9.17, 15) is 14.4 Å². The van der Waals surface area contributed by atoms with Crippen LogP contribution >= 0.6 is 11.8 Å². The Kier molecular flexibility index (Phi) is 7.79. The molecule has 0 aromatic carbocycles. The van der Waals surface area contributed by atoms with Crippen molar-refractivity contribution < 1.29 is 28.6 Å². The first-order valence-corrected chi connectivity index (χ1v) is 12.1. The highest BCUT2D eigenvalue weighted by Crippen LogP contribution is 2.34. The van der Waals surface area contributed by atoms with Gasteiger partial charge in [0, 0.05) is 24.6 Å². The number of piperidine rings is 1. The monoisotopic (exact) mass is 457 g/mol. The van der Waals surface area contributed by atoms with Crippen molar-refractivity contribution in [3.05, 3.63) is 0 Å². The lowest BCUT2D eigenvalue weighted by Gasteiger charge is -2.49. The number of ether oxygens (including phenoxy) is 3. The number of esters is 3. The Morgan fingerprint density at radius 3 is 1.68 bits per heavy atom. The maximum absolute atomic E-state index is 12.8. The minimum atomic E-state index is -0.857. The predicted molar refractivity (Wildman–Crippen MR) is 121 cm³/mol. The Balaban J connectivity index is 2.42. The predicted octanol–water partition coefficient (Wildman–Crippen LogP) is 3.29. The van der Waals surface area contributed by atoms with Crippen molar-refractivity contribution in [3.8, 4) is 0 Å². The van der Waals surface area contributed by atoms with Gasteiger partial charge in [0.25, 0.3) is 0 Å². The number of carbonyl (C=O) groups excluding carboxylic acids is 3. The van der Waals surface area contributed by atoms with Crippen LogP contribution in [0.15, 0.2) is 0 Å². The molecule has 178 valence electrons. The topological polar surface area (TPSA) is 82.1 Å². The van der Waals surface area contributed by atoms with Gasteiger partial charge < -0.3 is 14.2 Å². The summed E-state index contributed by atoms with van der Waals surface area (Å²) in [6.45, 7) is 17.3. The average molecular weight is 458 g/mol. The highest BCUT2D eigenvalue weighted by Gasteiger charge is 2.52. The number of hydrogen-bond acceptors (Lipinski definition) is 8. The normalized spacial score (nSPS) is 27.8. The molecule has 4 atom stereocenters. The van der Waals surface area contributed by atoms with Gasteiger partial charge in [-0.25, -0.2) is 0 Å². The van der Waals surface area contributed by atoms with E-state index in [0.717, 1.165) is 18.1 Å². The van der Waals surface area contributed by atoms with Crippen LogP contribution in [0.2, 0.25) is 0 Å². The van der Waals surface area contributed by atoms with Gasteiger partial charge in [0.1, 0.15) is 0 Å². The number of thioether (sulfide) groups is 1. The second-order valence-corrected chi connectivity index (χ2v) is 12.7. The van der Waals surface area contributed by atoms with Crippen LogP contribution in [0.25, 0.3) is 0 Å². The van der Waals surface area contributed by atoms with Crippen LogP contribution in [0.4, 0.5) is 0 Å². The van der Waals surface area contributed by atoms with Crippen molar-refractivity contribution in [2.75, 3.05) is 24.6 Å². The number of fused-ring (bicyclic) bond motifs is 1. The van der Waals surface area contributed by atoms with E-state index in [1.54, 1.807) is 74.1 Å². The van der Waals surface area contributed by atoms with Crippen molar-refractivity contribution in [3.63, 3.8) is 0 Å². The Labute approximate surface area is 190 Å². The number of carbonyl (C=O) groups is 3. The highest BCUT2D eigenvalue weighted by molar-refractivity contribution is 7.99. The molecule has 2 saturated heterocycles. The molecule has 31 heavy (non-hydrogen) atoms. The van der Waals surface area contributed by atoms with Gasteiger partial charge in [-0.3, -0.25) is 19.3 Å². The second kappa shape index (κ2) is 9.30. The fourth-order valence-corrected chi connectivity index (χ4v) is 4.43. The molecular formula is C23H39NO6S. The lowest BCUT2D eigenvalue weighted by molar-refractivity contribution is -0.213. The van der Waals surface area contributed by atoms with Gasteiger partial charge >= 0.3 is 17.9 Å². The molecule has 0 aromatic heterocycles. The van der Waals surface area contributed by atoms with Gasteiger partial charge in [0.15, 0.2) is 18.3 Å². The molecule has 8 heteroatoms. The summed E-state index contributed by atoms with van der Waals surface area (Å²) >= 11 is 1.78. The fourth-order valence-electron chi connectivity index (χ4n) is 3.26. The highest BCUT2D eigenvalue weighted by atomic mass is 32.2. The van der Waals surface area contributed by atoms with Gasteiger partial charge in [-0.15, -0.1) is 0 Å². The van der Waals surface area contributed by atoms with Gasteiger partial charge in [0.05, 0.1) is 22.3 Å². The zero-order valence-corrected chi connectivity index (χ0v) is 21.3. The Morgan fingerprint density at radius 2 is 1.19 bits per heavy atom. The Hall–Kier alpha value is -1.28. The summed E-state index contributed by atoms with van der Waals surface area (Å²) in [6, 6.07) is -0.104. The average Bonchev–Trinajstić information content (AvgIpc) is 2.61. The third kappa shape index (κ3) is 6.60. The standard InChI is InChI=1S/C23H39NO6S/c1-21(2,3)18(25)28-15-12-24-10-11-31-13-14(24)16(29-19(26)22(4,5)6)17(15)30-20(27)23(7,8)9/h14-17H,10-13H2,1-9H3/t14-,15-,16-,17+/m0/s1. The van der Waals surface area contributed by atoms with Crippen LogP contribution in [-0.4, -0.2) is 71.8 Å².